The van der Waals surface area contributed by atoms with Crippen LogP contribution in [0.2, 0.25) is 0 Å². The summed E-state index contributed by atoms with van der Waals surface area (Å²) in [6.07, 6.45) is 10.3. The Morgan fingerprint density at radius 3 is 2.43 bits per heavy atom. The zero-order valence-corrected chi connectivity index (χ0v) is 13.6. The lowest BCUT2D eigenvalue weighted by molar-refractivity contribution is 0.00159. The highest BCUT2D eigenvalue weighted by Gasteiger charge is 2.51. The Kier molecular flexibility index (Phi) is 2.67. The second kappa shape index (κ2) is 4.47. The molecule has 7 heteroatoms. The van der Waals surface area contributed by atoms with Crippen LogP contribution < -0.4 is 10.0 Å². The van der Waals surface area contributed by atoms with E-state index in [4.69, 9.17) is 4.99 Å². The van der Waals surface area contributed by atoms with Crippen molar-refractivity contribution < 1.29 is 8.42 Å². The fourth-order valence-corrected chi connectivity index (χ4v) is 6.59. The van der Waals surface area contributed by atoms with Crippen LogP contribution in [0.1, 0.15) is 38.5 Å². The lowest BCUT2D eigenvalue weighted by Gasteiger charge is -2.55. The van der Waals surface area contributed by atoms with Crippen molar-refractivity contribution >= 4 is 21.7 Å². The number of nitrogens with zero attached hydrogens (tertiary/aromatic N) is 2. The Hall–Kier alpha value is -1.63. The van der Waals surface area contributed by atoms with Crippen LogP contribution >= 0.6 is 0 Å². The van der Waals surface area contributed by atoms with E-state index in [0.29, 0.717) is 11.6 Å². The van der Waals surface area contributed by atoms with Crippen LogP contribution in [-0.4, -0.2) is 24.9 Å². The molecule has 2 N–H and O–H groups in total. The van der Waals surface area contributed by atoms with E-state index in [1.807, 2.05) is 0 Å². The number of anilines is 1. The van der Waals surface area contributed by atoms with E-state index in [9.17, 15) is 8.42 Å². The van der Waals surface area contributed by atoms with Gasteiger partial charge in [0.2, 0.25) is 5.96 Å². The maximum Gasteiger partial charge on any atom is 0.267 e. The molecule has 0 spiro atoms. The van der Waals surface area contributed by atoms with Gasteiger partial charge < -0.3 is 5.32 Å². The summed E-state index contributed by atoms with van der Waals surface area (Å²) >= 11 is 0. The largest absolute Gasteiger partial charge is 0.324 e. The number of pyridine rings is 1. The lowest BCUT2D eigenvalue weighted by Crippen LogP contribution is -2.51. The van der Waals surface area contributed by atoms with Crippen molar-refractivity contribution in [2.75, 3.05) is 5.32 Å². The highest BCUT2D eigenvalue weighted by atomic mass is 32.2. The monoisotopic (exact) mass is 332 g/mol. The van der Waals surface area contributed by atoms with E-state index >= 15 is 0 Å². The minimum absolute atomic E-state index is 0.0653. The van der Waals surface area contributed by atoms with Crippen molar-refractivity contribution in [2.24, 2.45) is 22.7 Å². The minimum atomic E-state index is -3.58. The molecule has 1 aromatic rings. The number of aliphatic imine (C=N–C) groups is 1. The second-order valence-corrected chi connectivity index (χ2v) is 9.36. The van der Waals surface area contributed by atoms with Crippen LogP contribution in [0.25, 0.3) is 0 Å². The number of sulfonamides is 1. The summed E-state index contributed by atoms with van der Waals surface area (Å²) in [5.41, 5.74) is 0.492. The molecule has 0 amide bonds. The highest BCUT2D eigenvalue weighted by molar-refractivity contribution is 7.90. The summed E-state index contributed by atoms with van der Waals surface area (Å²) < 4.78 is 27.4. The van der Waals surface area contributed by atoms with Gasteiger partial charge in [0.25, 0.3) is 10.0 Å². The molecule has 5 aliphatic rings. The van der Waals surface area contributed by atoms with E-state index in [0.717, 1.165) is 37.0 Å². The summed E-state index contributed by atoms with van der Waals surface area (Å²) in [4.78, 5) is 9.00. The molecule has 0 aromatic carbocycles. The van der Waals surface area contributed by atoms with Gasteiger partial charge in [-0.15, -0.1) is 0 Å². The zero-order valence-electron chi connectivity index (χ0n) is 12.8. The van der Waals surface area contributed by atoms with Crippen LogP contribution in [0.3, 0.4) is 0 Å². The van der Waals surface area contributed by atoms with Crippen LogP contribution in [0.4, 0.5) is 5.69 Å². The molecule has 4 fully saturated rings. The Morgan fingerprint density at radius 1 is 1.13 bits per heavy atom. The predicted molar refractivity (Wildman–Crippen MR) is 86.5 cm³/mol. The summed E-state index contributed by atoms with van der Waals surface area (Å²) in [6.45, 7) is 0. The van der Waals surface area contributed by atoms with Gasteiger partial charge >= 0.3 is 0 Å². The van der Waals surface area contributed by atoms with Gasteiger partial charge in [-0.1, -0.05) is 0 Å². The number of hydrogen-bond acceptors (Lipinski definition) is 4. The topological polar surface area (TPSA) is 83.5 Å². The van der Waals surface area contributed by atoms with Crippen molar-refractivity contribution in [1.82, 2.24) is 9.71 Å². The smallest absolute Gasteiger partial charge is 0.267 e. The van der Waals surface area contributed by atoms with Crippen LogP contribution in [-0.2, 0) is 10.0 Å². The van der Waals surface area contributed by atoms with Crippen molar-refractivity contribution in [3.05, 3.63) is 18.5 Å². The van der Waals surface area contributed by atoms with Crippen molar-refractivity contribution in [3.63, 3.8) is 0 Å². The van der Waals surface area contributed by atoms with Gasteiger partial charge in [-0.3, -0.25) is 4.98 Å². The molecule has 122 valence electrons. The van der Waals surface area contributed by atoms with Gasteiger partial charge in [0.1, 0.15) is 4.90 Å². The number of nitrogens with one attached hydrogen (secondary N) is 2. The van der Waals surface area contributed by atoms with E-state index in [-0.39, 0.29) is 10.4 Å². The molecule has 6 nitrogen and oxygen atoms in total. The second-order valence-electron chi connectivity index (χ2n) is 7.70. The molecular weight excluding hydrogens is 312 g/mol. The third-order valence-corrected chi connectivity index (χ3v) is 7.28. The maximum atomic E-state index is 12.4. The van der Waals surface area contributed by atoms with E-state index in [1.165, 1.54) is 25.5 Å². The number of rotatable bonds is 1. The molecule has 2 heterocycles. The van der Waals surface area contributed by atoms with Gasteiger partial charge in [0, 0.05) is 12.4 Å². The van der Waals surface area contributed by atoms with Crippen LogP contribution in [0, 0.1) is 17.8 Å². The molecule has 6 rings (SSSR count). The first-order chi connectivity index (χ1) is 11.0. The van der Waals surface area contributed by atoms with Crippen molar-refractivity contribution in [3.8, 4) is 0 Å². The van der Waals surface area contributed by atoms with Gasteiger partial charge in [-0.05, 0) is 62.3 Å². The quantitative estimate of drug-likeness (QED) is 0.825. The summed E-state index contributed by atoms with van der Waals surface area (Å²) in [5.74, 6) is 2.72. The molecular formula is C16H20N4O2S. The third kappa shape index (κ3) is 2.16. The SMILES string of the molecule is O=S1(=O)NC(=NC23CC4CC(CC(C4)C2)C3)Nc2ccncc21. The molecule has 4 saturated carbocycles. The first-order valence-corrected chi connectivity index (χ1v) is 9.83. The average Bonchev–Trinajstić information content (AvgIpc) is 2.44. The van der Waals surface area contributed by atoms with Crippen LogP contribution in [0.15, 0.2) is 28.3 Å². The number of hydrogen-bond donors (Lipinski definition) is 2. The molecule has 4 bridgehead atoms. The molecule has 1 aromatic heterocycles. The molecule has 0 saturated heterocycles. The molecule has 23 heavy (non-hydrogen) atoms. The summed E-state index contributed by atoms with van der Waals surface area (Å²) in [7, 11) is -3.58. The molecule has 1 aliphatic heterocycles. The molecule has 0 atom stereocenters. The summed E-state index contributed by atoms with van der Waals surface area (Å²) in [6, 6.07) is 1.68. The lowest BCUT2D eigenvalue weighted by atomic mass is 9.53. The fourth-order valence-electron chi connectivity index (χ4n) is 5.52. The standard InChI is InChI=1S/C16H20N4O2S/c21-23(22)14-9-17-2-1-13(14)18-15(20-23)19-16-6-10-3-11(7-16)5-12(4-10)8-16/h1-2,9-12H,3-8H2,(H2,18,19,20). The molecule has 4 aliphatic carbocycles. The van der Waals surface area contributed by atoms with Gasteiger partial charge in [-0.25, -0.2) is 18.1 Å². The number of guanidine groups is 1. The Bertz CT molecular complexity index is 767. The average molecular weight is 332 g/mol. The van der Waals surface area contributed by atoms with Gasteiger partial charge in [-0.2, -0.15) is 0 Å². The van der Waals surface area contributed by atoms with Gasteiger partial charge in [0.15, 0.2) is 0 Å². The van der Waals surface area contributed by atoms with Gasteiger partial charge in [0.05, 0.1) is 11.2 Å². The minimum Gasteiger partial charge on any atom is -0.324 e. The highest BCUT2D eigenvalue weighted by Crippen LogP contribution is 2.57. The van der Waals surface area contributed by atoms with E-state index in [2.05, 4.69) is 15.0 Å². The van der Waals surface area contributed by atoms with Crippen molar-refractivity contribution in [1.29, 1.82) is 0 Å². The number of fused-ring (bicyclic) bond motifs is 1. The van der Waals surface area contributed by atoms with Crippen LogP contribution in [0.5, 0.6) is 0 Å². The Morgan fingerprint density at radius 2 is 1.78 bits per heavy atom. The number of aromatic nitrogens is 1. The normalized spacial score (nSPS) is 41.2. The predicted octanol–water partition coefficient (Wildman–Crippen LogP) is 2.11. The summed E-state index contributed by atoms with van der Waals surface area (Å²) in [5, 5.41) is 3.15. The van der Waals surface area contributed by atoms with Crippen molar-refractivity contribution in [2.45, 2.75) is 49.0 Å². The van der Waals surface area contributed by atoms with E-state index < -0.39 is 10.0 Å². The first-order valence-electron chi connectivity index (χ1n) is 8.35. The third-order valence-electron chi connectivity index (χ3n) is 5.91. The molecule has 0 unspecified atom stereocenters. The first kappa shape index (κ1) is 13.8. The Labute approximate surface area is 135 Å². The molecule has 0 radical (unpaired) electrons. The zero-order chi connectivity index (χ0) is 15.7. The maximum absolute atomic E-state index is 12.4. The Balaban J connectivity index is 1.52. The van der Waals surface area contributed by atoms with E-state index in [1.54, 1.807) is 12.3 Å². The fraction of sp³-hybridized carbons (Fsp3) is 0.625.